The number of hydrogen-bond donors (Lipinski definition) is 0. The molecule has 0 atom stereocenters. The average molecular weight is 577 g/mol. The summed E-state index contributed by atoms with van der Waals surface area (Å²) in [6.07, 6.45) is 8.89. The van der Waals surface area contributed by atoms with Gasteiger partial charge in [-0.2, -0.15) is 8.78 Å². The Morgan fingerprint density at radius 1 is 0.732 bits per heavy atom. The molecular weight excluding hydrogens is 532 g/mol. The van der Waals surface area contributed by atoms with Crippen LogP contribution in [-0.2, 0) is 9.47 Å². The summed E-state index contributed by atoms with van der Waals surface area (Å²) >= 11 is 0. The van der Waals surface area contributed by atoms with Crippen LogP contribution in [0, 0.1) is 41.2 Å². The van der Waals surface area contributed by atoms with E-state index in [-0.39, 0.29) is 18.0 Å². The maximum atomic E-state index is 15.1. The van der Waals surface area contributed by atoms with Crippen LogP contribution >= 0.6 is 0 Å². The molecule has 0 amide bonds. The number of alkyl halides is 2. The molecular formula is C34H44F4O3. The summed E-state index contributed by atoms with van der Waals surface area (Å²) in [6, 6.07) is 9.59. The zero-order valence-electron chi connectivity index (χ0n) is 24.1. The van der Waals surface area contributed by atoms with Crippen LogP contribution < -0.4 is 4.74 Å². The summed E-state index contributed by atoms with van der Waals surface area (Å²) in [5.41, 5.74) is 1.05. The smallest absolute Gasteiger partial charge is 0.400 e. The predicted octanol–water partition coefficient (Wildman–Crippen LogP) is 9.79. The molecule has 3 fully saturated rings. The quantitative estimate of drug-likeness (QED) is 0.208. The van der Waals surface area contributed by atoms with Crippen LogP contribution in [0.4, 0.5) is 17.6 Å². The van der Waals surface area contributed by atoms with Gasteiger partial charge < -0.3 is 14.2 Å². The maximum absolute atomic E-state index is 15.1. The van der Waals surface area contributed by atoms with Crippen molar-refractivity contribution < 1.29 is 31.8 Å². The van der Waals surface area contributed by atoms with E-state index in [0.29, 0.717) is 48.6 Å². The lowest BCUT2D eigenvalue weighted by molar-refractivity contribution is -0.251. The number of rotatable bonds is 10. The predicted molar refractivity (Wildman–Crippen MR) is 152 cm³/mol. The molecule has 2 aromatic carbocycles. The third-order valence-electron chi connectivity index (χ3n) is 9.72. The minimum absolute atomic E-state index is 0.0449. The standard InChI is InChI=1S/C34H44F4O3/c1-2-3-4-5-23-6-8-25(9-7-23)28-21-39-33(40-22-28)26-10-15-29(16-11-26)34(37,38)41-30-17-12-24(13-18-30)27-14-19-31(35)32(36)20-27/h12-14,17-20,23,25-26,28-29,33H,2-11,15-16,21-22H2,1H3. The van der Waals surface area contributed by atoms with E-state index < -0.39 is 23.7 Å². The average Bonchev–Trinajstić information content (AvgIpc) is 2.99. The molecule has 1 saturated heterocycles. The van der Waals surface area contributed by atoms with Crippen molar-refractivity contribution in [2.75, 3.05) is 13.2 Å². The van der Waals surface area contributed by atoms with Crippen LogP contribution in [0.15, 0.2) is 42.5 Å². The number of ether oxygens (including phenoxy) is 3. The number of hydrogen-bond acceptors (Lipinski definition) is 3. The van der Waals surface area contributed by atoms with E-state index in [4.69, 9.17) is 14.2 Å². The number of benzene rings is 2. The highest BCUT2D eigenvalue weighted by atomic mass is 19.3. The van der Waals surface area contributed by atoms with Crippen LogP contribution in [0.25, 0.3) is 11.1 Å². The molecule has 5 rings (SSSR count). The Labute approximate surface area is 242 Å². The van der Waals surface area contributed by atoms with Gasteiger partial charge in [-0.05, 0) is 85.8 Å². The van der Waals surface area contributed by atoms with Gasteiger partial charge in [0.15, 0.2) is 17.9 Å². The second-order valence-corrected chi connectivity index (χ2v) is 12.5. The van der Waals surface area contributed by atoms with Crippen LogP contribution in [-0.4, -0.2) is 25.6 Å². The Morgan fingerprint density at radius 3 is 2.00 bits per heavy atom. The van der Waals surface area contributed by atoms with E-state index in [2.05, 4.69) is 6.92 Å². The van der Waals surface area contributed by atoms with Crippen molar-refractivity contribution in [1.82, 2.24) is 0 Å². The normalized spacial score (nSPS) is 29.3. The summed E-state index contributed by atoms with van der Waals surface area (Å²) in [5, 5.41) is 0. The molecule has 0 N–H and O–H groups in total. The molecule has 0 radical (unpaired) electrons. The van der Waals surface area contributed by atoms with Crippen molar-refractivity contribution in [2.24, 2.45) is 29.6 Å². The lowest BCUT2D eigenvalue weighted by atomic mass is 9.74. The maximum Gasteiger partial charge on any atom is 0.400 e. The zero-order chi connectivity index (χ0) is 28.8. The van der Waals surface area contributed by atoms with Gasteiger partial charge in [-0.25, -0.2) is 8.78 Å². The Kier molecular flexibility index (Phi) is 10.3. The summed E-state index contributed by atoms with van der Waals surface area (Å²) in [4.78, 5) is 0. The van der Waals surface area contributed by atoms with Gasteiger partial charge in [-0.3, -0.25) is 0 Å². The molecule has 7 heteroatoms. The van der Waals surface area contributed by atoms with E-state index in [9.17, 15) is 8.78 Å². The van der Waals surface area contributed by atoms with Crippen LogP contribution in [0.2, 0.25) is 0 Å². The largest absolute Gasteiger partial charge is 0.432 e. The van der Waals surface area contributed by atoms with Crippen molar-refractivity contribution in [3.63, 3.8) is 0 Å². The van der Waals surface area contributed by atoms with Crippen molar-refractivity contribution in [3.8, 4) is 16.9 Å². The number of halogens is 4. The van der Waals surface area contributed by atoms with E-state index in [1.165, 1.54) is 69.6 Å². The first-order chi connectivity index (χ1) is 19.8. The molecule has 1 aliphatic heterocycles. The minimum atomic E-state index is -3.30. The lowest BCUT2D eigenvalue weighted by Crippen LogP contribution is -2.43. The second kappa shape index (κ2) is 13.9. The van der Waals surface area contributed by atoms with Gasteiger partial charge in [-0.15, -0.1) is 0 Å². The van der Waals surface area contributed by atoms with Gasteiger partial charge >= 0.3 is 6.11 Å². The van der Waals surface area contributed by atoms with Gasteiger partial charge in [0.1, 0.15) is 5.75 Å². The van der Waals surface area contributed by atoms with Crippen LogP contribution in [0.1, 0.15) is 84.0 Å². The van der Waals surface area contributed by atoms with E-state index in [1.54, 1.807) is 12.1 Å². The first-order valence-electron chi connectivity index (χ1n) is 15.7. The molecule has 0 aromatic heterocycles. The monoisotopic (exact) mass is 576 g/mol. The van der Waals surface area contributed by atoms with Crippen LogP contribution in [0.5, 0.6) is 5.75 Å². The number of unbranched alkanes of at least 4 members (excludes halogenated alkanes) is 2. The molecule has 2 aromatic rings. The van der Waals surface area contributed by atoms with Gasteiger partial charge in [0, 0.05) is 11.8 Å². The molecule has 41 heavy (non-hydrogen) atoms. The molecule has 226 valence electrons. The lowest BCUT2D eigenvalue weighted by Gasteiger charge is -2.41. The highest BCUT2D eigenvalue weighted by Crippen LogP contribution is 2.43. The van der Waals surface area contributed by atoms with E-state index in [1.807, 2.05) is 0 Å². The first kappa shape index (κ1) is 30.3. The summed E-state index contributed by atoms with van der Waals surface area (Å²) in [7, 11) is 0. The summed E-state index contributed by atoms with van der Waals surface area (Å²) in [6.45, 7) is 3.69. The highest BCUT2D eigenvalue weighted by Gasteiger charge is 2.46. The minimum Gasteiger partial charge on any atom is -0.432 e. The molecule has 2 aliphatic carbocycles. The van der Waals surface area contributed by atoms with Crippen molar-refractivity contribution in [1.29, 1.82) is 0 Å². The molecule has 0 bridgehead atoms. The third kappa shape index (κ3) is 7.84. The van der Waals surface area contributed by atoms with E-state index >= 15 is 8.78 Å². The Hall–Kier alpha value is -2.12. The van der Waals surface area contributed by atoms with E-state index in [0.717, 1.165) is 31.3 Å². The fourth-order valence-corrected chi connectivity index (χ4v) is 7.07. The summed E-state index contributed by atoms with van der Waals surface area (Å²) < 4.78 is 74.4. The van der Waals surface area contributed by atoms with Crippen molar-refractivity contribution >= 4 is 0 Å². The third-order valence-corrected chi connectivity index (χ3v) is 9.72. The molecule has 3 nitrogen and oxygen atoms in total. The Bertz CT molecular complexity index is 1080. The molecule has 1 heterocycles. The van der Waals surface area contributed by atoms with Gasteiger partial charge in [0.2, 0.25) is 0 Å². The SMILES string of the molecule is CCCCCC1CCC(C2COC(C3CCC(C(F)(F)Oc4ccc(-c5ccc(F)c(F)c5)cc4)CC3)OC2)CC1. The zero-order valence-corrected chi connectivity index (χ0v) is 24.1. The molecule has 0 spiro atoms. The van der Waals surface area contributed by atoms with Gasteiger partial charge in [0.25, 0.3) is 0 Å². The fraction of sp³-hybridized carbons (Fsp3) is 0.647. The van der Waals surface area contributed by atoms with Crippen LogP contribution in [0.3, 0.4) is 0 Å². The molecule has 3 aliphatic rings. The highest BCUT2D eigenvalue weighted by molar-refractivity contribution is 5.64. The van der Waals surface area contributed by atoms with Gasteiger partial charge in [0.05, 0.1) is 19.1 Å². The first-order valence-corrected chi connectivity index (χ1v) is 15.7. The van der Waals surface area contributed by atoms with Crippen molar-refractivity contribution in [2.45, 2.75) is 96.4 Å². The molecule has 2 saturated carbocycles. The Morgan fingerprint density at radius 2 is 1.37 bits per heavy atom. The Balaban J connectivity index is 1.04. The van der Waals surface area contributed by atoms with Gasteiger partial charge in [-0.1, -0.05) is 63.6 Å². The summed E-state index contributed by atoms with van der Waals surface area (Å²) in [5.74, 6) is -0.575. The topological polar surface area (TPSA) is 27.7 Å². The fourth-order valence-electron chi connectivity index (χ4n) is 7.07. The second-order valence-electron chi connectivity index (χ2n) is 12.5. The molecule has 0 unspecified atom stereocenters. The van der Waals surface area contributed by atoms with Crippen molar-refractivity contribution in [3.05, 3.63) is 54.1 Å².